The topological polar surface area (TPSA) is 60.2 Å². The molecule has 1 atom stereocenters. The minimum absolute atomic E-state index is 0.172. The first-order valence-corrected chi connectivity index (χ1v) is 6.98. The zero-order valence-electron chi connectivity index (χ0n) is 11.4. The number of nitrogens with zero attached hydrogens (tertiary/aromatic N) is 1. The second-order valence-electron chi connectivity index (χ2n) is 5.05. The van der Waals surface area contributed by atoms with Crippen molar-refractivity contribution in [2.45, 2.75) is 32.0 Å². The molecule has 1 aliphatic rings. The van der Waals surface area contributed by atoms with E-state index < -0.39 is 0 Å². The molecule has 0 radical (unpaired) electrons. The zero-order chi connectivity index (χ0) is 13.8. The number of pyridine rings is 1. The molecule has 3 N–H and O–H groups in total. The van der Waals surface area contributed by atoms with Crippen molar-refractivity contribution >= 4 is 5.82 Å². The molecule has 1 aromatic carbocycles. The maximum atomic E-state index is 6.10. The molecule has 3 rings (SSSR count). The molecule has 1 aromatic heterocycles. The summed E-state index contributed by atoms with van der Waals surface area (Å²) in [6, 6.07) is 12.4. The van der Waals surface area contributed by atoms with Crippen molar-refractivity contribution in [2.75, 3.05) is 5.43 Å². The van der Waals surface area contributed by atoms with Crippen LogP contribution in [0.5, 0.6) is 0 Å². The van der Waals surface area contributed by atoms with Gasteiger partial charge in [-0.05, 0) is 36.5 Å². The molecule has 4 nitrogen and oxygen atoms in total. The van der Waals surface area contributed by atoms with Gasteiger partial charge < -0.3 is 10.2 Å². The highest BCUT2D eigenvalue weighted by molar-refractivity contribution is 5.42. The largest absolute Gasteiger partial charge is 0.369 e. The highest BCUT2D eigenvalue weighted by atomic mass is 16.5. The Kier molecular flexibility index (Phi) is 3.95. The molecular formula is C16H19N3O. The number of anilines is 1. The second-order valence-corrected chi connectivity index (χ2v) is 5.05. The predicted octanol–water partition coefficient (Wildman–Crippen LogP) is 2.96. The van der Waals surface area contributed by atoms with Crippen LogP contribution in [0, 0.1) is 0 Å². The minimum atomic E-state index is 0.172. The summed E-state index contributed by atoms with van der Waals surface area (Å²) in [4.78, 5) is 4.19. The first-order valence-electron chi connectivity index (χ1n) is 6.98. The second kappa shape index (κ2) is 6.03. The van der Waals surface area contributed by atoms with Gasteiger partial charge in [0.25, 0.3) is 0 Å². The molecular weight excluding hydrogens is 250 g/mol. The third kappa shape index (κ3) is 2.66. The summed E-state index contributed by atoms with van der Waals surface area (Å²) < 4.78 is 6.10. The van der Waals surface area contributed by atoms with Crippen LogP contribution in [-0.4, -0.2) is 4.98 Å². The number of hydrogen-bond acceptors (Lipinski definition) is 4. The number of nitrogens with one attached hydrogen (secondary N) is 1. The van der Waals surface area contributed by atoms with Crippen molar-refractivity contribution in [3.8, 4) is 0 Å². The minimum Gasteiger partial charge on any atom is -0.369 e. The monoisotopic (exact) mass is 269 g/mol. The van der Waals surface area contributed by atoms with Crippen LogP contribution in [0.2, 0.25) is 0 Å². The smallest absolute Gasteiger partial charge is 0.145 e. The number of hydrazine groups is 1. The Hall–Kier alpha value is -1.91. The number of rotatable bonds is 4. The lowest BCUT2D eigenvalue weighted by molar-refractivity contribution is 0.0284. The van der Waals surface area contributed by atoms with Crippen LogP contribution in [-0.2, 0) is 17.8 Å². The molecule has 0 aliphatic heterocycles. The van der Waals surface area contributed by atoms with Crippen molar-refractivity contribution in [1.29, 1.82) is 0 Å². The fourth-order valence-electron chi connectivity index (χ4n) is 2.76. The van der Waals surface area contributed by atoms with Crippen molar-refractivity contribution in [1.82, 2.24) is 4.98 Å². The number of aromatic nitrogens is 1. The SMILES string of the molecule is NNc1ncccc1COC1CCCc2ccccc21. The Morgan fingerprint density at radius 1 is 1.25 bits per heavy atom. The van der Waals surface area contributed by atoms with Crippen LogP contribution < -0.4 is 11.3 Å². The molecule has 20 heavy (non-hydrogen) atoms. The number of fused-ring (bicyclic) bond motifs is 1. The molecule has 2 aromatic rings. The Balaban J connectivity index is 1.73. The third-order valence-corrected chi connectivity index (χ3v) is 3.78. The molecule has 0 saturated carbocycles. The number of nitrogens with two attached hydrogens (primary N) is 1. The normalized spacial score (nSPS) is 17.6. The first-order chi connectivity index (χ1) is 9.88. The molecule has 1 aliphatic carbocycles. The number of hydrogen-bond donors (Lipinski definition) is 2. The summed E-state index contributed by atoms with van der Waals surface area (Å²) in [7, 11) is 0. The molecule has 1 heterocycles. The number of aryl methyl sites for hydroxylation is 1. The van der Waals surface area contributed by atoms with Crippen LogP contribution in [0.1, 0.15) is 35.6 Å². The standard InChI is InChI=1S/C16H19N3O/c17-19-16-13(7-4-10-18-16)11-20-15-9-3-6-12-5-1-2-8-14(12)15/h1-2,4-5,7-8,10,15H,3,6,9,11,17H2,(H,18,19). The average Bonchev–Trinajstić information content (AvgIpc) is 2.53. The van der Waals surface area contributed by atoms with Gasteiger partial charge >= 0.3 is 0 Å². The summed E-state index contributed by atoms with van der Waals surface area (Å²) >= 11 is 0. The van der Waals surface area contributed by atoms with Gasteiger partial charge in [0.2, 0.25) is 0 Å². The molecule has 0 fully saturated rings. The number of benzene rings is 1. The van der Waals surface area contributed by atoms with Gasteiger partial charge in [-0.2, -0.15) is 0 Å². The molecule has 0 spiro atoms. The third-order valence-electron chi connectivity index (χ3n) is 3.78. The van der Waals surface area contributed by atoms with Gasteiger partial charge in [-0.1, -0.05) is 30.3 Å². The summed E-state index contributed by atoms with van der Waals surface area (Å²) in [5, 5.41) is 0. The lowest BCUT2D eigenvalue weighted by Crippen LogP contribution is -2.15. The van der Waals surface area contributed by atoms with Gasteiger partial charge in [-0.25, -0.2) is 10.8 Å². The van der Waals surface area contributed by atoms with E-state index in [9.17, 15) is 0 Å². The predicted molar refractivity (Wildman–Crippen MR) is 79.0 cm³/mol. The van der Waals surface area contributed by atoms with Crippen molar-refractivity contribution in [3.05, 3.63) is 59.3 Å². The van der Waals surface area contributed by atoms with Gasteiger partial charge in [-0.3, -0.25) is 0 Å². The lowest BCUT2D eigenvalue weighted by atomic mass is 9.89. The zero-order valence-corrected chi connectivity index (χ0v) is 11.4. The van der Waals surface area contributed by atoms with E-state index in [1.807, 2.05) is 12.1 Å². The van der Waals surface area contributed by atoms with E-state index in [-0.39, 0.29) is 6.10 Å². The van der Waals surface area contributed by atoms with E-state index >= 15 is 0 Å². The van der Waals surface area contributed by atoms with E-state index in [4.69, 9.17) is 10.6 Å². The highest BCUT2D eigenvalue weighted by Crippen LogP contribution is 2.33. The van der Waals surface area contributed by atoms with Crippen LogP contribution in [0.15, 0.2) is 42.6 Å². The van der Waals surface area contributed by atoms with Crippen LogP contribution in [0.3, 0.4) is 0 Å². The Morgan fingerprint density at radius 3 is 3.05 bits per heavy atom. The summed E-state index contributed by atoms with van der Waals surface area (Å²) in [5.74, 6) is 6.15. The molecule has 0 saturated heterocycles. The lowest BCUT2D eigenvalue weighted by Gasteiger charge is -2.25. The maximum Gasteiger partial charge on any atom is 0.145 e. The van der Waals surface area contributed by atoms with Gasteiger partial charge in [-0.15, -0.1) is 0 Å². The van der Waals surface area contributed by atoms with Crippen molar-refractivity contribution in [2.24, 2.45) is 5.84 Å². The van der Waals surface area contributed by atoms with Crippen LogP contribution in [0.25, 0.3) is 0 Å². The first kappa shape index (κ1) is 13.1. The summed E-state index contributed by atoms with van der Waals surface area (Å²) in [6.45, 7) is 0.520. The van der Waals surface area contributed by atoms with Crippen molar-refractivity contribution < 1.29 is 4.74 Å². The van der Waals surface area contributed by atoms with E-state index in [0.29, 0.717) is 12.4 Å². The van der Waals surface area contributed by atoms with E-state index in [2.05, 4.69) is 34.7 Å². The fourth-order valence-corrected chi connectivity index (χ4v) is 2.76. The van der Waals surface area contributed by atoms with Gasteiger partial charge in [0.1, 0.15) is 5.82 Å². The molecule has 104 valence electrons. The fraction of sp³-hybridized carbons (Fsp3) is 0.312. The molecule has 0 amide bonds. The quantitative estimate of drug-likeness (QED) is 0.661. The van der Waals surface area contributed by atoms with E-state index in [1.54, 1.807) is 6.20 Å². The maximum absolute atomic E-state index is 6.10. The number of nitrogen functional groups attached to an aromatic ring is 1. The molecule has 0 bridgehead atoms. The summed E-state index contributed by atoms with van der Waals surface area (Å²) in [5.41, 5.74) is 6.33. The summed E-state index contributed by atoms with van der Waals surface area (Å²) in [6.07, 6.45) is 5.29. The van der Waals surface area contributed by atoms with Crippen LogP contribution in [0.4, 0.5) is 5.82 Å². The molecule has 4 heteroatoms. The molecule has 1 unspecified atom stereocenters. The number of ether oxygens (including phenoxy) is 1. The van der Waals surface area contributed by atoms with Crippen LogP contribution >= 0.6 is 0 Å². The Bertz CT molecular complexity index is 585. The van der Waals surface area contributed by atoms with Crippen molar-refractivity contribution in [3.63, 3.8) is 0 Å². The van der Waals surface area contributed by atoms with Gasteiger partial charge in [0.15, 0.2) is 0 Å². The van der Waals surface area contributed by atoms with E-state index in [0.717, 1.165) is 18.4 Å². The van der Waals surface area contributed by atoms with E-state index in [1.165, 1.54) is 17.5 Å². The Labute approximate surface area is 119 Å². The average molecular weight is 269 g/mol. The van der Waals surface area contributed by atoms with Gasteiger partial charge in [0.05, 0.1) is 12.7 Å². The highest BCUT2D eigenvalue weighted by Gasteiger charge is 2.20. The Morgan fingerprint density at radius 2 is 2.15 bits per heavy atom. The van der Waals surface area contributed by atoms with Gasteiger partial charge in [0, 0.05) is 11.8 Å².